The predicted molar refractivity (Wildman–Crippen MR) is 99.6 cm³/mol. The van der Waals surface area contributed by atoms with Gasteiger partial charge in [-0.1, -0.05) is 34.6 Å². The maximum atomic E-state index is 11.7. The van der Waals surface area contributed by atoms with Crippen LogP contribution in [0.25, 0.3) is 10.6 Å². The number of rotatable bonds is 6. The second-order valence-electron chi connectivity index (χ2n) is 7.30. The molecule has 1 N–H and O–H groups in total. The maximum absolute atomic E-state index is 11.7. The lowest BCUT2D eigenvalue weighted by Crippen LogP contribution is -2.31. The summed E-state index contributed by atoms with van der Waals surface area (Å²) in [5, 5.41) is 5.95. The van der Waals surface area contributed by atoms with Crippen LogP contribution in [-0.2, 0) is 10.2 Å². The van der Waals surface area contributed by atoms with Crippen molar-refractivity contribution in [3.8, 4) is 16.3 Å². The van der Waals surface area contributed by atoms with E-state index < -0.39 is 0 Å². The molecule has 1 aromatic carbocycles. The van der Waals surface area contributed by atoms with Crippen molar-refractivity contribution in [1.82, 2.24) is 10.3 Å². The van der Waals surface area contributed by atoms with E-state index in [-0.39, 0.29) is 17.9 Å². The van der Waals surface area contributed by atoms with E-state index in [1.54, 1.807) is 11.3 Å². The van der Waals surface area contributed by atoms with Crippen molar-refractivity contribution in [3.05, 3.63) is 35.3 Å². The lowest BCUT2D eigenvalue weighted by Gasteiger charge is -2.14. The molecule has 5 heteroatoms. The van der Waals surface area contributed by atoms with Crippen molar-refractivity contribution in [2.24, 2.45) is 5.92 Å². The molecule has 0 unspecified atom stereocenters. The Morgan fingerprint density at radius 2 is 1.92 bits per heavy atom. The largest absolute Gasteiger partial charge is 0.484 e. The quantitative estimate of drug-likeness (QED) is 0.850. The molecule has 130 valence electrons. The third-order valence-electron chi connectivity index (χ3n) is 3.45. The van der Waals surface area contributed by atoms with E-state index in [0.29, 0.717) is 18.2 Å². The topological polar surface area (TPSA) is 51.2 Å². The molecule has 1 aromatic heterocycles. The molecule has 1 heterocycles. The molecule has 0 aliphatic carbocycles. The first-order valence-corrected chi connectivity index (χ1v) is 9.09. The minimum Gasteiger partial charge on any atom is -0.484 e. The van der Waals surface area contributed by atoms with E-state index in [1.807, 2.05) is 24.3 Å². The number of amides is 1. The third kappa shape index (κ3) is 5.34. The number of carbonyl (C=O) groups excluding carboxylic acids is 1. The lowest BCUT2D eigenvalue weighted by atomic mass is 9.93. The SMILES string of the molecule is CC(C)CNC(=O)COc1ccc(-c2nc(C(C)(C)C)cs2)cc1. The highest BCUT2D eigenvalue weighted by Crippen LogP contribution is 2.30. The number of nitrogens with one attached hydrogen (secondary N) is 1. The fraction of sp³-hybridized carbons (Fsp3) is 0.474. The summed E-state index contributed by atoms with van der Waals surface area (Å²) in [5.41, 5.74) is 2.22. The normalized spacial score (nSPS) is 11.6. The van der Waals surface area contributed by atoms with Crippen molar-refractivity contribution in [3.63, 3.8) is 0 Å². The van der Waals surface area contributed by atoms with E-state index in [2.05, 4.69) is 45.3 Å². The van der Waals surface area contributed by atoms with Gasteiger partial charge in [0.15, 0.2) is 6.61 Å². The van der Waals surface area contributed by atoms with Crippen LogP contribution in [0.15, 0.2) is 29.6 Å². The van der Waals surface area contributed by atoms with Crippen LogP contribution in [0.1, 0.15) is 40.3 Å². The van der Waals surface area contributed by atoms with Crippen molar-refractivity contribution >= 4 is 17.2 Å². The molecular weight excluding hydrogens is 320 g/mol. The van der Waals surface area contributed by atoms with E-state index in [0.717, 1.165) is 16.3 Å². The molecule has 0 atom stereocenters. The number of ether oxygens (including phenoxy) is 1. The highest BCUT2D eigenvalue weighted by atomic mass is 32.1. The lowest BCUT2D eigenvalue weighted by molar-refractivity contribution is -0.123. The third-order valence-corrected chi connectivity index (χ3v) is 4.34. The Labute approximate surface area is 148 Å². The molecule has 0 radical (unpaired) electrons. The molecule has 0 saturated heterocycles. The molecule has 0 bridgehead atoms. The zero-order valence-electron chi connectivity index (χ0n) is 15.1. The van der Waals surface area contributed by atoms with Crippen molar-refractivity contribution in [2.75, 3.05) is 13.2 Å². The van der Waals surface area contributed by atoms with Gasteiger partial charge in [-0.05, 0) is 30.2 Å². The monoisotopic (exact) mass is 346 g/mol. The summed E-state index contributed by atoms with van der Waals surface area (Å²) in [4.78, 5) is 16.4. The molecule has 2 aromatic rings. The Kier molecular flexibility index (Phi) is 5.99. The summed E-state index contributed by atoms with van der Waals surface area (Å²) in [5.74, 6) is 1.03. The summed E-state index contributed by atoms with van der Waals surface area (Å²) in [7, 11) is 0. The summed E-state index contributed by atoms with van der Waals surface area (Å²) < 4.78 is 5.52. The second-order valence-corrected chi connectivity index (χ2v) is 8.16. The van der Waals surface area contributed by atoms with Gasteiger partial charge in [0.05, 0.1) is 5.69 Å². The van der Waals surface area contributed by atoms with Gasteiger partial charge in [0.2, 0.25) is 0 Å². The zero-order valence-corrected chi connectivity index (χ0v) is 15.9. The van der Waals surface area contributed by atoms with Crippen molar-refractivity contribution in [2.45, 2.75) is 40.0 Å². The van der Waals surface area contributed by atoms with E-state index in [4.69, 9.17) is 9.72 Å². The highest BCUT2D eigenvalue weighted by molar-refractivity contribution is 7.13. The standard InChI is InChI=1S/C19H26N2O2S/c1-13(2)10-20-17(22)11-23-15-8-6-14(7-9-15)18-21-16(12-24-18)19(3,4)5/h6-9,12-13H,10-11H2,1-5H3,(H,20,22). The Balaban J connectivity index is 1.93. The number of carbonyl (C=O) groups is 1. The summed E-state index contributed by atoms with van der Waals surface area (Å²) in [6, 6.07) is 7.71. The smallest absolute Gasteiger partial charge is 0.257 e. The number of aromatic nitrogens is 1. The molecule has 24 heavy (non-hydrogen) atoms. The van der Waals surface area contributed by atoms with Crippen molar-refractivity contribution < 1.29 is 9.53 Å². The van der Waals surface area contributed by atoms with Crippen LogP contribution in [0.3, 0.4) is 0 Å². The molecule has 2 rings (SSSR count). The Morgan fingerprint density at radius 1 is 1.25 bits per heavy atom. The van der Waals surface area contributed by atoms with Gasteiger partial charge in [-0.2, -0.15) is 0 Å². The predicted octanol–water partition coefficient (Wildman–Crippen LogP) is 4.26. The zero-order chi connectivity index (χ0) is 17.7. The molecule has 0 fully saturated rings. The molecule has 0 aliphatic rings. The fourth-order valence-corrected chi connectivity index (χ4v) is 3.02. The van der Waals surface area contributed by atoms with Gasteiger partial charge in [-0.3, -0.25) is 4.79 Å². The van der Waals surface area contributed by atoms with Gasteiger partial charge in [-0.25, -0.2) is 4.98 Å². The van der Waals surface area contributed by atoms with Gasteiger partial charge >= 0.3 is 0 Å². The van der Waals surface area contributed by atoms with Gasteiger partial charge in [0.25, 0.3) is 5.91 Å². The van der Waals surface area contributed by atoms with E-state index in [1.165, 1.54) is 0 Å². The van der Waals surface area contributed by atoms with E-state index >= 15 is 0 Å². The first kappa shape index (κ1) is 18.5. The number of benzene rings is 1. The number of hydrogen-bond donors (Lipinski definition) is 1. The van der Waals surface area contributed by atoms with Crippen molar-refractivity contribution in [1.29, 1.82) is 0 Å². The van der Waals surface area contributed by atoms with E-state index in [9.17, 15) is 4.79 Å². The minimum atomic E-state index is -0.0949. The molecule has 4 nitrogen and oxygen atoms in total. The summed E-state index contributed by atoms with van der Waals surface area (Å²) in [6.07, 6.45) is 0. The molecule has 0 saturated carbocycles. The molecule has 0 aliphatic heterocycles. The van der Waals surface area contributed by atoms with Crippen LogP contribution in [0, 0.1) is 5.92 Å². The number of thiazole rings is 1. The number of hydrogen-bond acceptors (Lipinski definition) is 4. The highest BCUT2D eigenvalue weighted by Gasteiger charge is 2.17. The second kappa shape index (κ2) is 7.79. The van der Waals surface area contributed by atoms with Gasteiger partial charge in [-0.15, -0.1) is 11.3 Å². The van der Waals surface area contributed by atoms with Crippen LogP contribution >= 0.6 is 11.3 Å². The first-order valence-electron chi connectivity index (χ1n) is 8.21. The van der Waals surface area contributed by atoms with Crippen LogP contribution in [0.4, 0.5) is 0 Å². The molecule has 1 amide bonds. The maximum Gasteiger partial charge on any atom is 0.257 e. The number of nitrogens with zero attached hydrogens (tertiary/aromatic N) is 1. The Morgan fingerprint density at radius 3 is 2.46 bits per heavy atom. The van der Waals surface area contributed by atoms with Crippen LogP contribution in [0.5, 0.6) is 5.75 Å². The van der Waals surface area contributed by atoms with Gasteiger partial charge in [0.1, 0.15) is 10.8 Å². The summed E-state index contributed by atoms with van der Waals surface area (Å²) >= 11 is 1.65. The van der Waals surface area contributed by atoms with Gasteiger partial charge in [0, 0.05) is 22.9 Å². The molecular formula is C19H26N2O2S. The average Bonchev–Trinajstić information content (AvgIpc) is 3.01. The minimum absolute atomic E-state index is 0.0392. The fourth-order valence-electron chi connectivity index (χ4n) is 1.96. The van der Waals surface area contributed by atoms with Gasteiger partial charge < -0.3 is 10.1 Å². The summed E-state index contributed by atoms with van der Waals surface area (Å²) in [6.45, 7) is 11.3. The first-order chi connectivity index (χ1) is 11.3. The van der Waals surface area contributed by atoms with Crippen LogP contribution in [0.2, 0.25) is 0 Å². The average molecular weight is 346 g/mol. The van der Waals surface area contributed by atoms with Crippen LogP contribution < -0.4 is 10.1 Å². The Bertz CT molecular complexity index is 669. The molecule has 0 spiro atoms. The van der Waals surface area contributed by atoms with Crippen LogP contribution in [-0.4, -0.2) is 24.0 Å². The Hall–Kier alpha value is -1.88.